The number of allylic oxidation sites excluding steroid dienone is 1. The second-order valence-electron chi connectivity index (χ2n) is 4.13. The SMILES string of the molecule is C=C=CC1CC(C)C(CCC)C1. The van der Waals surface area contributed by atoms with Gasteiger partial charge in [-0.3, -0.25) is 0 Å². The van der Waals surface area contributed by atoms with Crippen LogP contribution in [0, 0.1) is 17.8 Å². The zero-order valence-corrected chi connectivity index (χ0v) is 8.34. The summed E-state index contributed by atoms with van der Waals surface area (Å²) >= 11 is 0. The number of rotatable bonds is 3. The summed E-state index contributed by atoms with van der Waals surface area (Å²) in [5.74, 6) is 2.65. The van der Waals surface area contributed by atoms with Crippen LogP contribution in [-0.2, 0) is 0 Å². The van der Waals surface area contributed by atoms with E-state index >= 15 is 0 Å². The van der Waals surface area contributed by atoms with Gasteiger partial charge in [0.25, 0.3) is 0 Å². The molecule has 3 unspecified atom stereocenters. The molecule has 0 aromatic carbocycles. The van der Waals surface area contributed by atoms with Crippen LogP contribution >= 0.6 is 0 Å². The van der Waals surface area contributed by atoms with Gasteiger partial charge in [0, 0.05) is 0 Å². The normalized spacial score (nSPS) is 34.7. The topological polar surface area (TPSA) is 0 Å². The van der Waals surface area contributed by atoms with Crippen molar-refractivity contribution in [3.63, 3.8) is 0 Å². The van der Waals surface area contributed by atoms with Crippen LogP contribution in [0.3, 0.4) is 0 Å². The fourth-order valence-electron chi connectivity index (χ4n) is 2.46. The quantitative estimate of drug-likeness (QED) is 0.557. The van der Waals surface area contributed by atoms with Crippen LogP contribution in [0.15, 0.2) is 18.4 Å². The monoisotopic (exact) mass is 164 g/mol. The lowest BCUT2D eigenvalue weighted by atomic mass is 9.94. The van der Waals surface area contributed by atoms with Gasteiger partial charge in [-0.15, -0.1) is 5.73 Å². The van der Waals surface area contributed by atoms with Gasteiger partial charge >= 0.3 is 0 Å². The lowest BCUT2D eigenvalue weighted by molar-refractivity contribution is 0.388. The van der Waals surface area contributed by atoms with Crippen molar-refractivity contribution in [3.05, 3.63) is 18.4 Å². The number of hydrogen-bond acceptors (Lipinski definition) is 0. The average Bonchev–Trinajstić information content (AvgIpc) is 2.34. The van der Waals surface area contributed by atoms with Crippen molar-refractivity contribution in [3.8, 4) is 0 Å². The summed E-state index contributed by atoms with van der Waals surface area (Å²) in [6.45, 7) is 8.31. The van der Waals surface area contributed by atoms with Crippen molar-refractivity contribution in [1.29, 1.82) is 0 Å². The maximum Gasteiger partial charge on any atom is -0.0152 e. The van der Waals surface area contributed by atoms with E-state index in [1.54, 1.807) is 0 Å². The Labute approximate surface area is 76.4 Å². The van der Waals surface area contributed by atoms with Crippen LogP contribution in [-0.4, -0.2) is 0 Å². The minimum atomic E-state index is 0.772. The molecule has 3 atom stereocenters. The summed E-state index contributed by atoms with van der Waals surface area (Å²) in [6, 6.07) is 0. The Kier molecular flexibility index (Phi) is 3.62. The van der Waals surface area contributed by atoms with Crippen LogP contribution in [0.2, 0.25) is 0 Å². The van der Waals surface area contributed by atoms with Gasteiger partial charge in [0.2, 0.25) is 0 Å². The first-order chi connectivity index (χ1) is 5.77. The van der Waals surface area contributed by atoms with Crippen molar-refractivity contribution in [2.24, 2.45) is 17.8 Å². The van der Waals surface area contributed by atoms with Gasteiger partial charge in [-0.2, -0.15) is 0 Å². The molecule has 0 saturated heterocycles. The summed E-state index contributed by atoms with van der Waals surface area (Å²) in [6.07, 6.45) is 7.62. The summed E-state index contributed by atoms with van der Waals surface area (Å²) in [5, 5.41) is 0. The molecule has 1 fully saturated rings. The van der Waals surface area contributed by atoms with E-state index in [2.05, 4.69) is 32.2 Å². The van der Waals surface area contributed by atoms with Crippen molar-refractivity contribution in [1.82, 2.24) is 0 Å². The minimum absolute atomic E-state index is 0.772. The van der Waals surface area contributed by atoms with E-state index in [0.29, 0.717) is 0 Å². The summed E-state index contributed by atoms with van der Waals surface area (Å²) in [7, 11) is 0. The van der Waals surface area contributed by atoms with Crippen LogP contribution < -0.4 is 0 Å². The summed E-state index contributed by atoms with van der Waals surface area (Å²) in [5.41, 5.74) is 2.92. The Balaban J connectivity index is 2.44. The Hall–Kier alpha value is -0.480. The summed E-state index contributed by atoms with van der Waals surface area (Å²) in [4.78, 5) is 0. The third kappa shape index (κ3) is 2.25. The van der Waals surface area contributed by atoms with Crippen LogP contribution in [0.25, 0.3) is 0 Å². The zero-order valence-electron chi connectivity index (χ0n) is 8.34. The average molecular weight is 164 g/mol. The molecule has 1 saturated carbocycles. The zero-order chi connectivity index (χ0) is 8.97. The first kappa shape index (κ1) is 9.61. The van der Waals surface area contributed by atoms with E-state index in [0.717, 1.165) is 17.8 Å². The maximum absolute atomic E-state index is 3.64. The van der Waals surface area contributed by atoms with E-state index < -0.39 is 0 Å². The molecule has 0 aromatic rings. The fourth-order valence-corrected chi connectivity index (χ4v) is 2.46. The smallest absolute Gasteiger partial charge is 0.0152 e. The van der Waals surface area contributed by atoms with Gasteiger partial charge in [0.1, 0.15) is 0 Å². The Bertz CT molecular complexity index is 174. The Morgan fingerprint density at radius 1 is 1.50 bits per heavy atom. The molecule has 0 bridgehead atoms. The van der Waals surface area contributed by atoms with Crippen molar-refractivity contribution in [2.75, 3.05) is 0 Å². The Morgan fingerprint density at radius 2 is 2.25 bits per heavy atom. The third-order valence-electron chi connectivity index (χ3n) is 3.10. The van der Waals surface area contributed by atoms with E-state index in [1.807, 2.05) is 0 Å². The van der Waals surface area contributed by atoms with Crippen molar-refractivity contribution < 1.29 is 0 Å². The van der Waals surface area contributed by atoms with E-state index in [4.69, 9.17) is 0 Å². The lowest BCUT2D eigenvalue weighted by Gasteiger charge is -2.12. The maximum atomic E-state index is 3.64. The largest absolute Gasteiger partial charge is 0.133 e. The molecular formula is C12H20. The first-order valence-electron chi connectivity index (χ1n) is 5.13. The third-order valence-corrected chi connectivity index (χ3v) is 3.10. The highest BCUT2D eigenvalue weighted by molar-refractivity contribution is 4.92. The fraction of sp³-hybridized carbons (Fsp3) is 0.750. The Morgan fingerprint density at radius 3 is 2.83 bits per heavy atom. The molecule has 0 aliphatic heterocycles. The van der Waals surface area contributed by atoms with Crippen molar-refractivity contribution >= 4 is 0 Å². The molecule has 0 aromatic heterocycles. The van der Waals surface area contributed by atoms with Gasteiger partial charge in [0.05, 0.1) is 0 Å². The molecule has 0 nitrogen and oxygen atoms in total. The summed E-state index contributed by atoms with van der Waals surface area (Å²) < 4.78 is 0. The molecule has 1 rings (SSSR count). The molecule has 1 aliphatic rings. The second kappa shape index (κ2) is 4.52. The second-order valence-corrected chi connectivity index (χ2v) is 4.13. The minimum Gasteiger partial charge on any atom is -0.133 e. The molecule has 1 aliphatic carbocycles. The molecule has 12 heavy (non-hydrogen) atoms. The highest BCUT2D eigenvalue weighted by Crippen LogP contribution is 2.39. The number of hydrogen-bond donors (Lipinski definition) is 0. The van der Waals surface area contributed by atoms with Gasteiger partial charge in [-0.05, 0) is 36.7 Å². The van der Waals surface area contributed by atoms with Gasteiger partial charge < -0.3 is 0 Å². The molecular weight excluding hydrogens is 144 g/mol. The van der Waals surface area contributed by atoms with E-state index in [1.165, 1.54) is 25.7 Å². The molecule has 0 amide bonds. The molecule has 0 radical (unpaired) electrons. The van der Waals surface area contributed by atoms with Crippen LogP contribution in [0.4, 0.5) is 0 Å². The molecule has 68 valence electrons. The van der Waals surface area contributed by atoms with Gasteiger partial charge in [-0.25, -0.2) is 0 Å². The van der Waals surface area contributed by atoms with Crippen LogP contribution in [0.1, 0.15) is 39.5 Å². The first-order valence-corrected chi connectivity index (χ1v) is 5.13. The van der Waals surface area contributed by atoms with E-state index in [-0.39, 0.29) is 0 Å². The molecule has 0 N–H and O–H groups in total. The van der Waals surface area contributed by atoms with Gasteiger partial charge in [-0.1, -0.05) is 33.3 Å². The molecule has 0 spiro atoms. The predicted octanol–water partition coefficient (Wildman–Crippen LogP) is 3.79. The van der Waals surface area contributed by atoms with Crippen LogP contribution in [0.5, 0.6) is 0 Å². The molecule has 0 heterocycles. The van der Waals surface area contributed by atoms with Gasteiger partial charge in [0.15, 0.2) is 0 Å². The predicted molar refractivity (Wildman–Crippen MR) is 54.0 cm³/mol. The molecule has 0 heteroatoms. The van der Waals surface area contributed by atoms with E-state index in [9.17, 15) is 0 Å². The highest BCUT2D eigenvalue weighted by Gasteiger charge is 2.28. The van der Waals surface area contributed by atoms with Crippen molar-refractivity contribution in [2.45, 2.75) is 39.5 Å². The standard InChI is InChI=1S/C12H20/c1-4-6-11-8-10(3)12(9-11)7-5-2/h6,10-12H,1,5,7-9H2,2-3H3. The highest BCUT2D eigenvalue weighted by atomic mass is 14.3. The lowest BCUT2D eigenvalue weighted by Crippen LogP contribution is -2.02.